The van der Waals surface area contributed by atoms with Gasteiger partial charge in [0.05, 0.1) is 30.3 Å². The first-order valence-corrected chi connectivity index (χ1v) is 10.1. The summed E-state index contributed by atoms with van der Waals surface area (Å²) in [7, 11) is -3.31. The molecule has 6 nitrogen and oxygen atoms in total. The van der Waals surface area contributed by atoms with Gasteiger partial charge in [-0.15, -0.1) is 0 Å². The average Bonchev–Trinajstić information content (AvgIpc) is 3.19. The highest BCUT2D eigenvalue weighted by Crippen LogP contribution is 2.23. The van der Waals surface area contributed by atoms with E-state index in [2.05, 4.69) is 10.2 Å². The minimum Gasteiger partial charge on any atom is -0.272 e. The molecule has 0 N–H and O–H groups in total. The van der Waals surface area contributed by atoms with Crippen LogP contribution in [0.2, 0.25) is 5.15 Å². The Bertz CT molecular complexity index is 935. The highest BCUT2D eigenvalue weighted by molar-refractivity contribution is 7.90. The molecule has 3 rings (SSSR count). The molecule has 25 heavy (non-hydrogen) atoms. The van der Waals surface area contributed by atoms with E-state index in [4.69, 9.17) is 11.6 Å². The van der Waals surface area contributed by atoms with Crippen molar-refractivity contribution in [3.63, 3.8) is 0 Å². The summed E-state index contributed by atoms with van der Waals surface area (Å²) in [6.07, 6.45) is 3.37. The monoisotopic (exact) mass is 378 g/mol. The van der Waals surface area contributed by atoms with Crippen LogP contribution < -0.4 is 0 Å². The zero-order chi connectivity index (χ0) is 17.9. The van der Waals surface area contributed by atoms with E-state index < -0.39 is 9.84 Å². The number of halogens is 1. The Morgan fingerprint density at radius 1 is 1.16 bits per heavy atom. The van der Waals surface area contributed by atoms with Gasteiger partial charge in [0, 0.05) is 18.0 Å². The molecule has 2 aromatic heterocycles. The first-order valence-electron chi connectivity index (χ1n) is 7.88. The highest BCUT2D eigenvalue weighted by atomic mass is 35.5. The maximum Gasteiger partial charge on any atom is 0.156 e. The van der Waals surface area contributed by atoms with Crippen LogP contribution in [0.5, 0.6) is 0 Å². The van der Waals surface area contributed by atoms with Gasteiger partial charge >= 0.3 is 0 Å². The highest BCUT2D eigenvalue weighted by Gasteiger charge is 2.20. The molecule has 2 heterocycles. The summed E-state index contributed by atoms with van der Waals surface area (Å²) in [5.74, 6) is -0.109. The lowest BCUT2D eigenvalue weighted by molar-refractivity contribution is 0.580. The molecule has 0 bridgehead atoms. The molecule has 0 aliphatic heterocycles. The quantitative estimate of drug-likeness (QED) is 0.633. The molecule has 0 amide bonds. The van der Waals surface area contributed by atoms with Gasteiger partial charge in [-0.3, -0.25) is 4.68 Å². The van der Waals surface area contributed by atoms with E-state index in [9.17, 15) is 8.42 Å². The van der Waals surface area contributed by atoms with Crippen molar-refractivity contribution in [1.29, 1.82) is 0 Å². The predicted octanol–water partition coefficient (Wildman–Crippen LogP) is 2.70. The number of aryl methyl sites for hydroxylation is 2. The molecule has 8 heteroatoms. The molecule has 132 valence electrons. The van der Waals surface area contributed by atoms with Crippen molar-refractivity contribution < 1.29 is 8.42 Å². The maximum absolute atomic E-state index is 12.4. The molecule has 0 unspecified atom stereocenters. The van der Waals surface area contributed by atoms with Gasteiger partial charge in [0.25, 0.3) is 0 Å². The fourth-order valence-corrected chi connectivity index (χ4v) is 4.35. The molecule has 0 spiro atoms. The summed E-state index contributed by atoms with van der Waals surface area (Å²) in [4.78, 5) is 0. The molecule has 0 radical (unpaired) electrons. The molecule has 0 saturated heterocycles. The SMILES string of the molecule is Cc1nn(Cc2ccccc2)c(Cl)c1CS(=O)(=O)CCn1cccn1. The van der Waals surface area contributed by atoms with E-state index in [1.807, 2.05) is 30.3 Å². The zero-order valence-corrected chi connectivity index (χ0v) is 15.4. The molecule has 3 aromatic rings. The van der Waals surface area contributed by atoms with E-state index in [0.717, 1.165) is 5.56 Å². The fraction of sp³-hybridized carbons (Fsp3) is 0.294. The van der Waals surface area contributed by atoms with E-state index in [1.165, 1.54) is 0 Å². The Morgan fingerprint density at radius 3 is 2.60 bits per heavy atom. The van der Waals surface area contributed by atoms with Gasteiger partial charge in [-0.05, 0) is 18.6 Å². The smallest absolute Gasteiger partial charge is 0.156 e. The molecule has 0 aliphatic rings. The largest absolute Gasteiger partial charge is 0.272 e. The van der Waals surface area contributed by atoms with Crippen molar-refractivity contribution in [2.24, 2.45) is 0 Å². The van der Waals surface area contributed by atoms with Crippen molar-refractivity contribution in [1.82, 2.24) is 19.6 Å². The standard InChI is InChI=1S/C17H19ClN4O2S/c1-14-16(13-25(23,24)11-10-21-9-5-8-19-21)17(18)22(20-14)12-15-6-3-2-4-7-15/h2-9H,10-13H2,1H3. The second-order valence-electron chi connectivity index (χ2n) is 5.86. The minimum atomic E-state index is -3.31. The minimum absolute atomic E-state index is 0.00825. The van der Waals surface area contributed by atoms with E-state index in [-0.39, 0.29) is 11.5 Å². The Morgan fingerprint density at radius 2 is 1.92 bits per heavy atom. The van der Waals surface area contributed by atoms with Crippen LogP contribution in [0.1, 0.15) is 16.8 Å². The van der Waals surface area contributed by atoms with Gasteiger partial charge in [0.2, 0.25) is 0 Å². The van der Waals surface area contributed by atoms with Crippen LogP contribution in [0.4, 0.5) is 0 Å². The third-order valence-electron chi connectivity index (χ3n) is 3.91. The second kappa shape index (κ2) is 7.41. The zero-order valence-electron chi connectivity index (χ0n) is 13.8. The number of nitrogens with zero attached hydrogens (tertiary/aromatic N) is 4. The van der Waals surface area contributed by atoms with Crippen molar-refractivity contribution in [2.45, 2.75) is 25.8 Å². The van der Waals surface area contributed by atoms with Gasteiger partial charge in [-0.1, -0.05) is 41.9 Å². The Hall–Kier alpha value is -2.12. The Kier molecular flexibility index (Phi) is 5.24. The van der Waals surface area contributed by atoms with Crippen LogP contribution in [-0.2, 0) is 28.7 Å². The number of rotatable bonds is 7. The number of aromatic nitrogens is 4. The normalized spacial score (nSPS) is 11.8. The lowest BCUT2D eigenvalue weighted by Crippen LogP contribution is -2.15. The number of hydrogen-bond donors (Lipinski definition) is 0. The Balaban J connectivity index is 1.73. The van der Waals surface area contributed by atoms with Gasteiger partial charge < -0.3 is 0 Å². The Labute approximate surface area is 152 Å². The summed E-state index contributed by atoms with van der Waals surface area (Å²) in [6.45, 7) is 2.61. The summed E-state index contributed by atoms with van der Waals surface area (Å²) in [5, 5.41) is 8.80. The number of hydrogen-bond acceptors (Lipinski definition) is 4. The van der Waals surface area contributed by atoms with Crippen LogP contribution >= 0.6 is 11.6 Å². The fourth-order valence-electron chi connectivity index (χ4n) is 2.57. The van der Waals surface area contributed by atoms with Crippen LogP contribution in [-0.4, -0.2) is 33.7 Å². The summed E-state index contributed by atoms with van der Waals surface area (Å²) in [6, 6.07) is 11.6. The van der Waals surface area contributed by atoms with Crippen molar-refractivity contribution >= 4 is 21.4 Å². The second-order valence-corrected chi connectivity index (χ2v) is 8.40. The molecular formula is C17H19ClN4O2S. The number of sulfone groups is 1. The van der Waals surface area contributed by atoms with Crippen molar-refractivity contribution in [3.8, 4) is 0 Å². The molecule has 0 aliphatic carbocycles. The summed E-state index contributed by atoms with van der Waals surface area (Å²) >= 11 is 6.40. The molecule has 0 atom stereocenters. The average molecular weight is 379 g/mol. The molecule has 1 aromatic carbocycles. The third kappa shape index (κ3) is 4.49. The molecular weight excluding hydrogens is 360 g/mol. The van der Waals surface area contributed by atoms with Crippen LogP contribution in [0.3, 0.4) is 0 Å². The van der Waals surface area contributed by atoms with E-state index >= 15 is 0 Å². The van der Waals surface area contributed by atoms with Crippen LogP contribution in [0.15, 0.2) is 48.8 Å². The first kappa shape index (κ1) is 17.7. The topological polar surface area (TPSA) is 69.8 Å². The van der Waals surface area contributed by atoms with Gasteiger partial charge in [0.15, 0.2) is 9.84 Å². The summed E-state index contributed by atoms with van der Waals surface area (Å²) < 4.78 is 28.1. The number of benzene rings is 1. The molecule has 0 saturated carbocycles. The van der Waals surface area contributed by atoms with Crippen LogP contribution in [0.25, 0.3) is 0 Å². The van der Waals surface area contributed by atoms with Gasteiger partial charge in [0.1, 0.15) is 5.15 Å². The lowest BCUT2D eigenvalue weighted by atomic mass is 10.2. The van der Waals surface area contributed by atoms with Crippen molar-refractivity contribution in [3.05, 3.63) is 70.8 Å². The summed E-state index contributed by atoms with van der Waals surface area (Å²) in [5.41, 5.74) is 2.27. The van der Waals surface area contributed by atoms with E-state index in [0.29, 0.717) is 29.5 Å². The third-order valence-corrected chi connectivity index (χ3v) is 5.87. The van der Waals surface area contributed by atoms with E-state index in [1.54, 1.807) is 34.7 Å². The lowest BCUT2D eigenvalue weighted by Gasteiger charge is -2.06. The van der Waals surface area contributed by atoms with Crippen LogP contribution in [0, 0.1) is 6.92 Å². The molecule has 0 fully saturated rings. The first-order chi connectivity index (χ1) is 11.9. The van der Waals surface area contributed by atoms with Crippen molar-refractivity contribution in [2.75, 3.05) is 5.75 Å². The van der Waals surface area contributed by atoms with Gasteiger partial charge in [-0.25, -0.2) is 13.1 Å². The van der Waals surface area contributed by atoms with Gasteiger partial charge in [-0.2, -0.15) is 10.2 Å². The maximum atomic E-state index is 12.4. The predicted molar refractivity (Wildman–Crippen MR) is 97.2 cm³/mol.